The molecule has 1 aromatic carbocycles. The van der Waals surface area contributed by atoms with Crippen molar-refractivity contribution >= 4 is 5.69 Å². The van der Waals surface area contributed by atoms with Crippen LogP contribution in [0.4, 0.5) is 5.69 Å². The molecule has 0 heterocycles. The molecule has 1 fully saturated rings. The SMILES string of the molecule is CC.Cc1ccc(N(C)C)cc1.NC1CCCCC1. The second-order valence-corrected chi connectivity index (χ2v) is 5.13. The van der Waals surface area contributed by atoms with E-state index >= 15 is 0 Å². The van der Waals surface area contributed by atoms with E-state index in [0.717, 1.165) is 0 Å². The van der Waals surface area contributed by atoms with Crippen molar-refractivity contribution in [2.75, 3.05) is 19.0 Å². The summed E-state index contributed by atoms with van der Waals surface area (Å²) in [6, 6.07) is 9.02. The average Bonchev–Trinajstić information content (AvgIpc) is 2.43. The fraction of sp³-hybridized carbons (Fsp3) is 0.647. The summed E-state index contributed by atoms with van der Waals surface area (Å²) in [5.74, 6) is 0. The maximum atomic E-state index is 5.63. The minimum atomic E-state index is 0.536. The van der Waals surface area contributed by atoms with Crippen molar-refractivity contribution in [2.24, 2.45) is 5.73 Å². The molecule has 19 heavy (non-hydrogen) atoms. The maximum absolute atomic E-state index is 5.63. The van der Waals surface area contributed by atoms with Gasteiger partial charge >= 0.3 is 0 Å². The summed E-state index contributed by atoms with van der Waals surface area (Å²) in [5.41, 5.74) is 8.20. The Labute approximate surface area is 120 Å². The van der Waals surface area contributed by atoms with Crippen LogP contribution >= 0.6 is 0 Å². The molecule has 1 aromatic rings. The standard InChI is InChI=1S/C9H13N.C6H13N.C2H6/c1-8-4-6-9(7-5-8)10(2)3;7-6-4-2-1-3-5-6;1-2/h4-7H,1-3H3;6H,1-5,7H2;1-2H3. The minimum absolute atomic E-state index is 0.536. The van der Waals surface area contributed by atoms with E-state index in [1.54, 1.807) is 0 Å². The molecule has 0 spiro atoms. The van der Waals surface area contributed by atoms with E-state index in [1.807, 2.05) is 27.9 Å². The Bertz CT molecular complexity index is 298. The molecule has 2 rings (SSSR count). The van der Waals surface area contributed by atoms with Crippen molar-refractivity contribution in [3.05, 3.63) is 29.8 Å². The van der Waals surface area contributed by atoms with Crippen LogP contribution in [0.15, 0.2) is 24.3 Å². The van der Waals surface area contributed by atoms with E-state index in [9.17, 15) is 0 Å². The third-order valence-corrected chi connectivity index (χ3v) is 3.20. The monoisotopic (exact) mass is 264 g/mol. The van der Waals surface area contributed by atoms with Gasteiger partial charge in [-0.3, -0.25) is 0 Å². The first-order chi connectivity index (χ1) is 9.09. The highest BCUT2D eigenvalue weighted by molar-refractivity contribution is 5.45. The molecule has 0 saturated heterocycles. The second kappa shape index (κ2) is 10.9. The number of benzene rings is 1. The van der Waals surface area contributed by atoms with E-state index in [-0.39, 0.29) is 0 Å². The molecule has 0 amide bonds. The van der Waals surface area contributed by atoms with Gasteiger partial charge in [-0.1, -0.05) is 50.8 Å². The first-order valence-corrected chi connectivity index (χ1v) is 7.59. The Morgan fingerprint density at radius 2 is 1.42 bits per heavy atom. The Morgan fingerprint density at radius 3 is 1.74 bits per heavy atom. The molecule has 2 nitrogen and oxygen atoms in total. The van der Waals surface area contributed by atoms with Crippen LogP contribution in [0.3, 0.4) is 0 Å². The zero-order valence-electron chi connectivity index (χ0n) is 13.4. The summed E-state index contributed by atoms with van der Waals surface area (Å²) < 4.78 is 0. The third kappa shape index (κ3) is 8.66. The smallest absolute Gasteiger partial charge is 0.0361 e. The molecule has 1 saturated carbocycles. The highest BCUT2D eigenvalue weighted by atomic mass is 15.1. The number of aryl methyl sites for hydroxylation is 1. The summed E-state index contributed by atoms with van der Waals surface area (Å²) in [7, 11) is 4.09. The highest BCUT2D eigenvalue weighted by Gasteiger charge is 2.06. The molecular weight excluding hydrogens is 232 g/mol. The van der Waals surface area contributed by atoms with Gasteiger partial charge < -0.3 is 10.6 Å². The molecule has 1 aliphatic carbocycles. The van der Waals surface area contributed by atoms with Crippen molar-refractivity contribution in [3.63, 3.8) is 0 Å². The zero-order chi connectivity index (χ0) is 14.7. The molecule has 2 N–H and O–H groups in total. The normalized spacial score (nSPS) is 14.6. The summed E-state index contributed by atoms with van der Waals surface area (Å²) in [6.07, 6.45) is 6.66. The van der Waals surface area contributed by atoms with Gasteiger partial charge in [-0.05, 0) is 31.9 Å². The van der Waals surface area contributed by atoms with Gasteiger partial charge in [-0.25, -0.2) is 0 Å². The van der Waals surface area contributed by atoms with E-state index in [0.29, 0.717) is 6.04 Å². The van der Waals surface area contributed by atoms with Crippen LogP contribution in [0.5, 0.6) is 0 Å². The van der Waals surface area contributed by atoms with Crippen molar-refractivity contribution in [1.82, 2.24) is 0 Å². The van der Waals surface area contributed by atoms with Crippen molar-refractivity contribution < 1.29 is 0 Å². The van der Waals surface area contributed by atoms with Gasteiger partial charge in [0.25, 0.3) is 0 Å². The lowest BCUT2D eigenvalue weighted by atomic mass is 9.97. The zero-order valence-corrected chi connectivity index (χ0v) is 13.4. The largest absolute Gasteiger partial charge is 0.378 e. The van der Waals surface area contributed by atoms with Crippen LogP contribution in [0, 0.1) is 6.92 Å². The van der Waals surface area contributed by atoms with Crippen LogP contribution in [0.1, 0.15) is 51.5 Å². The second-order valence-electron chi connectivity index (χ2n) is 5.13. The fourth-order valence-electron chi connectivity index (χ4n) is 1.98. The number of rotatable bonds is 1. The van der Waals surface area contributed by atoms with Gasteiger partial charge in [0.1, 0.15) is 0 Å². The molecule has 0 atom stereocenters. The minimum Gasteiger partial charge on any atom is -0.378 e. The first-order valence-electron chi connectivity index (χ1n) is 7.59. The van der Waals surface area contributed by atoms with Gasteiger partial charge in [0.05, 0.1) is 0 Å². The molecule has 0 aromatic heterocycles. The van der Waals surface area contributed by atoms with Crippen LogP contribution in [0.2, 0.25) is 0 Å². The van der Waals surface area contributed by atoms with Gasteiger partial charge in [0.15, 0.2) is 0 Å². The summed E-state index contributed by atoms with van der Waals surface area (Å²) >= 11 is 0. The molecule has 0 unspecified atom stereocenters. The molecule has 1 aliphatic rings. The lowest BCUT2D eigenvalue weighted by Gasteiger charge is -2.15. The molecule has 0 aliphatic heterocycles. The fourth-order valence-corrected chi connectivity index (χ4v) is 1.98. The lowest BCUT2D eigenvalue weighted by molar-refractivity contribution is 0.441. The van der Waals surface area contributed by atoms with Crippen LogP contribution < -0.4 is 10.6 Å². The molecular formula is C17H32N2. The van der Waals surface area contributed by atoms with E-state index in [4.69, 9.17) is 5.73 Å². The predicted octanol–water partition coefficient (Wildman–Crippen LogP) is 4.37. The molecule has 0 bridgehead atoms. The highest BCUT2D eigenvalue weighted by Crippen LogP contribution is 2.14. The molecule has 0 radical (unpaired) electrons. The summed E-state index contributed by atoms with van der Waals surface area (Å²) in [6.45, 7) is 6.10. The average molecular weight is 264 g/mol. The maximum Gasteiger partial charge on any atom is 0.0361 e. The van der Waals surface area contributed by atoms with Crippen LogP contribution in [0.25, 0.3) is 0 Å². The summed E-state index contributed by atoms with van der Waals surface area (Å²) in [4.78, 5) is 2.10. The number of nitrogens with two attached hydrogens (primary N) is 1. The number of hydrogen-bond donors (Lipinski definition) is 1. The van der Waals surface area contributed by atoms with Gasteiger partial charge in [0.2, 0.25) is 0 Å². The van der Waals surface area contributed by atoms with Gasteiger partial charge in [-0.2, -0.15) is 0 Å². The van der Waals surface area contributed by atoms with Crippen LogP contribution in [-0.2, 0) is 0 Å². The van der Waals surface area contributed by atoms with E-state index < -0.39 is 0 Å². The van der Waals surface area contributed by atoms with Crippen molar-refractivity contribution in [2.45, 2.75) is 58.9 Å². The van der Waals surface area contributed by atoms with E-state index in [1.165, 1.54) is 43.4 Å². The molecule has 2 heteroatoms. The Balaban J connectivity index is 0.000000316. The quantitative estimate of drug-likeness (QED) is 0.816. The Hall–Kier alpha value is -1.02. The topological polar surface area (TPSA) is 29.3 Å². The Kier molecular flexibility index (Phi) is 10.3. The predicted molar refractivity (Wildman–Crippen MR) is 87.9 cm³/mol. The van der Waals surface area contributed by atoms with Crippen LogP contribution in [-0.4, -0.2) is 20.1 Å². The molecule has 110 valence electrons. The number of hydrogen-bond acceptors (Lipinski definition) is 2. The third-order valence-electron chi connectivity index (χ3n) is 3.20. The Morgan fingerprint density at radius 1 is 0.947 bits per heavy atom. The van der Waals surface area contributed by atoms with Gasteiger partial charge in [0, 0.05) is 25.8 Å². The number of anilines is 1. The van der Waals surface area contributed by atoms with Crippen molar-refractivity contribution in [1.29, 1.82) is 0 Å². The first kappa shape index (κ1) is 18.0. The lowest BCUT2D eigenvalue weighted by Crippen LogP contribution is -2.22. The number of nitrogens with zero attached hydrogens (tertiary/aromatic N) is 1. The van der Waals surface area contributed by atoms with Crippen molar-refractivity contribution in [3.8, 4) is 0 Å². The van der Waals surface area contributed by atoms with E-state index in [2.05, 4.69) is 36.1 Å². The van der Waals surface area contributed by atoms with Gasteiger partial charge in [-0.15, -0.1) is 0 Å². The summed E-state index contributed by atoms with van der Waals surface area (Å²) in [5, 5.41) is 0.